The fourth-order valence-electron chi connectivity index (χ4n) is 2.23. The Bertz CT molecular complexity index is 738. The van der Waals surface area contributed by atoms with Gasteiger partial charge >= 0.3 is 0 Å². The van der Waals surface area contributed by atoms with E-state index in [2.05, 4.69) is 77.2 Å². The molecule has 3 aromatic rings. The first-order valence-electron chi connectivity index (χ1n) is 6.61. The van der Waals surface area contributed by atoms with Gasteiger partial charge in [-0.25, -0.2) is 4.39 Å². The molecular formula is C18H16BFIP. The van der Waals surface area contributed by atoms with Crippen LogP contribution in [0.1, 0.15) is 0 Å². The van der Waals surface area contributed by atoms with Gasteiger partial charge in [-0.15, -0.1) is 0 Å². The van der Waals surface area contributed by atoms with Gasteiger partial charge in [0.2, 0.25) is 0 Å². The van der Waals surface area contributed by atoms with Gasteiger partial charge in [0.25, 0.3) is 0 Å². The third-order valence-corrected chi connectivity index (χ3v) is 6.49. The summed E-state index contributed by atoms with van der Waals surface area (Å²) in [6, 6.07) is 27.1. The molecule has 22 heavy (non-hydrogen) atoms. The van der Waals surface area contributed by atoms with Crippen LogP contribution in [0.3, 0.4) is 0 Å². The normalized spacial score (nSPS) is 11.4. The Morgan fingerprint density at radius 1 is 0.727 bits per heavy atom. The summed E-state index contributed by atoms with van der Waals surface area (Å²) in [5.74, 6) is -0.102. The second kappa shape index (κ2) is 6.51. The average Bonchev–Trinajstić information content (AvgIpc) is 2.58. The van der Waals surface area contributed by atoms with Crippen molar-refractivity contribution in [3.8, 4) is 0 Å². The standard InChI is InChI=1S/C18H16BFIP/c19-22(14-7-3-1-4-8-14,15-9-5-2-6-10-15)16-11-12-18(21)17(20)13-16/h1-13H,19H3. The summed E-state index contributed by atoms with van der Waals surface area (Å²) in [5.41, 5.74) is 0. The monoisotopic (exact) mass is 420 g/mol. The molecule has 0 radical (unpaired) electrons. The second-order valence-corrected chi connectivity index (χ2v) is 7.99. The Morgan fingerprint density at radius 3 is 1.68 bits per heavy atom. The van der Waals surface area contributed by atoms with Crippen molar-refractivity contribution in [3.05, 3.63) is 88.3 Å². The van der Waals surface area contributed by atoms with Crippen molar-refractivity contribution in [1.29, 1.82) is 0 Å². The highest BCUT2D eigenvalue weighted by Gasteiger charge is 2.33. The Hall–Kier alpha value is -1.19. The lowest BCUT2D eigenvalue weighted by Gasteiger charge is -2.30. The molecule has 0 saturated heterocycles. The molecule has 0 aliphatic rings. The molecule has 0 amide bonds. The molecule has 0 nitrogen and oxygen atoms in total. The summed E-state index contributed by atoms with van der Waals surface area (Å²) in [4.78, 5) is 0. The van der Waals surface area contributed by atoms with Crippen LogP contribution in [0.25, 0.3) is 0 Å². The van der Waals surface area contributed by atoms with E-state index in [1.54, 1.807) is 6.07 Å². The molecule has 0 fully saturated rings. The van der Waals surface area contributed by atoms with Crippen LogP contribution in [-0.2, 0) is 0 Å². The van der Waals surface area contributed by atoms with Crippen molar-refractivity contribution in [1.82, 2.24) is 0 Å². The van der Waals surface area contributed by atoms with E-state index in [0.717, 1.165) is 0 Å². The first kappa shape index (κ1) is 15.7. The van der Waals surface area contributed by atoms with E-state index < -0.39 is 7.14 Å². The van der Waals surface area contributed by atoms with E-state index in [4.69, 9.17) is 0 Å². The molecule has 0 atom stereocenters. The van der Waals surface area contributed by atoms with Crippen molar-refractivity contribution in [3.63, 3.8) is 0 Å². The lowest BCUT2D eigenvalue weighted by molar-refractivity contribution is 0.621. The SMILES string of the molecule is [BH3-][P+](c1ccccc1)(c1ccccc1)c1ccc(I)c(F)c1. The van der Waals surface area contributed by atoms with Gasteiger partial charge in [-0.3, -0.25) is 0 Å². The summed E-state index contributed by atoms with van der Waals surface area (Å²) in [6.45, 7) is 0. The van der Waals surface area contributed by atoms with Gasteiger partial charge in [-0.1, -0.05) is 43.5 Å². The summed E-state index contributed by atoms with van der Waals surface area (Å²) in [5, 5.41) is 3.94. The van der Waals surface area contributed by atoms with E-state index in [9.17, 15) is 4.39 Å². The number of benzene rings is 3. The maximum atomic E-state index is 14.2. The van der Waals surface area contributed by atoms with E-state index in [0.29, 0.717) is 3.57 Å². The van der Waals surface area contributed by atoms with Crippen LogP contribution in [0, 0.1) is 9.39 Å². The fourth-order valence-corrected chi connectivity index (χ4v) is 4.86. The molecule has 0 aromatic heterocycles. The lowest BCUT2D eigenvalue weighted by Crippen LogP contribution is -2.31. The zero-order chi connectivity index (χ0) is 15.6. The minimum absolute atomic E-state index is 0.0667. The first-order chi connectivity index (χ1) is 10.6. The van der Waals surface area contributed by atoms with Crippen molar-refractivity contribution in [2.45, 2.75) is 0 Å². The first-order valence-corrected chi connectivity index (χ1v) is 9.03. The van der Waals surface area contributed by atoms with Crippen LogP contribution in [-0.4, -0.2) is 7.57 Å². The molecule has 3 aromatic carbocycles. The zero-order valence-corrected chi connectivity index (χ0v) is 14.3. The molecule has 0 bridgehead atoms. The van der Waals surface area contributed by atoms with Gasteiger partial charge in [0.05, 0.1) is 15.9 Å². The quantitative estimate of drug-likeness (QED) is 0.348. The second-order valence-electron chi connectivity index (χ2n) is 4.60. The van der Waals surface area contributed by atoms with E-state index in [1.165, 1.54) is 15.9 Å². The molecule has 3 rings (SSSR count). The number of hydrogen-bond acceptors (Lipinski definition) is 0. The summed E-state index contributed by atoms with van der Waals surface area (Å²) in [7, 11) is -1.63. The van der Waals surface area contributed by atoms with Crippen LogP contribution in [0.15, 0.2) is 78.9 Å². The van der Waals surface area contributed by atoms with Gasteiger partial charge in [0.15, 0.2) is 0 Å². The summed E-state index contributed by atoms with van der Waals surface area (Å²) < 4.78 is 14.9. The number of rotatable bonds is 3. The van der Waals surface area contributed by atoms with E-state index >= 15 is 0 Å². The Morgan fingerprint density at radius 2 is 1.23 bits per heavy atom. The molecule has 0 saturated carbocycles. The Labute approximate surface area is 145 Å². The number of hydrogen-bond donors (Lipinski definition) is 0. The van der Waals surface area contributed by atoms with Crippen LogP contribution in [0.2, 0.25) is 0 Å². The molecule has 0 aliphatic carbocycles. The van der Waals surface area contributed by atoms with Crippen LogP contribution in [0.5, 0.6) is 0 Å². The van der Waals surface area contributed by atoms with E-state index in [1.807, 2.05) is 18.2 Å². The molecule has 110 valence electrons. The molecule has 4 heteroatoms. The minimum atomic E-state index is -1.57. The zero-order valence-electron chi connectivity index (χ0n) is 11.2. The third-order valence-electron chi connectivity index (χ3n) is 3.19. The summed E-state index contributed by atoms with van der Waals surface area (Å²) >= 11 is 2.06. The smallest absolute Gasteiger partial charge is 0.144 e. The lowest BCUT2D eigenvalue weighted by atomic mass is 10.3. The fraction of sp³-hybridized carbons (Fsp3) is 0. The Balaban J connectivity index is 2.26. The maximum Gasteiger partial charge on any atom is 0.144 e. The van der Waals surface area contributed by atoms with E-state index in [-0.39, 0.29) is 13.4 Å². The highest BCUT2D eigenvalue weighted by molar-refractivity contribution is 14.1. The highest BCUT2D eigenvalue weighted by atomic mass is 127. The topological polar surface area (TPSA) is 0 Å². The van der Waals surface area contributed by atoms with Crippen molar-refractivity contribution in [2.75, 3.05) is 0 Å². The highest BCUT2D eigenvalue weighted by Crippen LogP contribution is 2.50. The largest absolute Gasteiger partial charge is 0.206 e. The molecular weight excluding hydrogens is 404 g/mol. The molecule has 0 N–H and O–H groups in total. The third kappa shape index (κ3) is 2.84. The van der Waals surface area contributed by atoms with Gasteiger partial charge in [-0.05, 0) is 59.0 Å². The predicted molar refractivity (Wildman–Crippen MR) is 108 cm³/mol. The maximum absolute atomic E-state index is 14.2. The summed E-state index contributed by atoms with van der Waals surface area (Å²) in [6.07, 6.45) is 0. The average molecular weight is 420 g/mol. The van der Waals surface area contributed by atoms with Crippen LogP contribution < -0.4 is 15.9 Å². The molecule has 0 heterocycles. The predicted octanol–water partition coefficient (Wildman–Crippen LogP) is 3.00. The van der Waals surface area contributed by atoms with Gasteiger partial charge in [0, 0.05) is 9.64 Å². The van der Waals surface area contributed by atoms with Crippen LogP contribution >= 0.6 is 29.7 Å². The van der Waals surface area contributed by atoms with Crippen molar-refractivity contribution in [2.24, 2.45) is 0 Å². The molecule has 0 unspecified atom stereocenters. The van der Waals surface area contributed by atoms with Crippen LogP contribution in [0.4, 0.5) is 4.39 Å². The van der Waals surface area contributed by atoms with Crippen molar-refractivity contribution < 1.29 is 4.39 Å². The minimum Gasteiger partial charge on any atom is -0.206 e. The molecule has 0 aliphatic heterocycles. The van der Waals surface area contributed by atoms with Crippen molar-refractivity contribution >= 4 is 53.2 Å². The molecule has 0 spiro atoms. The Kier molecular flexibility index (Phi) is 4.65. The van der Waals surface area contributed by atoms with Gasteiger partial charge < -0.3 is 0 Å². The van der Waals surface area contributed by atoms with Gasteiger partial charge in [-0.2, -0.15) is 0 Å². The van der Waals surface area contributed by atoms with Gasteiger partial charge in [0.1, 0.15) is 13.4 Å². The number of halogens is 2.